The molecule has 2 heterocycles. The van der Waals surface area contributed by atoms with Gasteiger partial charge in [-0.15, -0.1) is 0 Å². The summed E-state index contributed by atoms with van der Waals surface area (Å²) in [6, 6.07) is 9.05. The van der Waals surface area contributed by atoms with Crippen molar-refractivity contribution < 1.29 is 4.39 Å². The van der Waals surface area contributed by atoms with E-state index in [9.17, 15) is 4.39 Å². The van der Waals surface area contributed by atoms with Gasteiger partial charge in [0.25, 0.3) is 0 Å². The van der Waals surface area contributed by atoms with Crippen molar-refractivity contribution >= 4 is 17.3 Å². The minimum atomic E-state index is -0.155. The maximum atomic E-state index is 14.0. The summed E-state index contributed by atoms with van der Waals surface area (Å²) in [6.07, 6.45) is 0. The second-order valence-corrected chi connectivity index (χ2v) is 6.23. The van der Waals surface area contributed by atoms with Crippen molar-refractivity contribution in [1.82, 2.24) is 9.97 Å². The van der Waals surface area contributed by atoms with Crippen LogP contribution in [-0.2, 0) is 0 Å². The quantitative estimate of drug-likeness (QED) is 0.834. The lowest BCUT2D eigenvalue weighted by Gasteiger charge is -2.37. The fourth-order valence-electron chi connectivity index (χ4n) is 3.29. The molecule has 0 aliphatic carbocycles. The Morgan fingerprint density at radius 1 is 1.00 bits per heavy atom. The molecular formula is C19H26FN5. The highest BCUT2D eigenvalue weighted by molar-refractivity contribution is 5.54. The number of aryl methyl sites for hydroxylation is 1. The molecule has 0 amide bonds. The lowest BCUT2D eigenvalue weighted by atomic mass is 10.2. The molecule has 25 heavy (non-hydrogen) atoms. The van der Waals surface area contributed by atoms with E-state index in [1.54, 1.807) is 6.07 Å². The van der Waals surface area contributed by atoms with Gasteiger partial charge in [0.15, 0.2) is 0 Å². The number of halogens is 1. The Labute approximate surface area is 149 Å². The SMILES string of the molecule is CCN(CC)c1cc(N2CCN(c3ccccc3F)CC2)nc(C)n1. The normalized spacial score (nSPS) is 14.7. The Bertz CT molecular complexity index is 709. The van der Waals surface area contributed by atoms with E-state index in [0.717, 1.165) is 56.7 Å². The van der Waals surface area contributed by atoms with E-state index in [1.165, 1.54) is 6.07 Å². The van der Waals surface area contributed by atoms with E-state index < -0.39 is 0 Å². The van der Waals surface area contributed by atoms with Crippen LogP contribution in [0, 0.1) is 12.7 Å². The van der Waals surface area contributed by atoms with Crippen LogP contribution >= 0.6 is 0 Å². The predicted octanol–water partition coefficient (Wildman–Crippen LogP) is 3.10. The summed E-state index contributed by atoms with van der Waals surface area (Å²) in [5.41, 5.74) is 0.685. The second-order valence-electron chi connectivity index (χ2n) is 6.23. The van der Waals surface area contributed by atoms with E-state index in [-0.39, 0.29) is 5.82 Å². The predicted molar refractivity (Wildman–Crippen MR) is 101 cm³/mol. The molecule has 6 heteroatoms. The molecule has 0 bridgehead atoms. The van der Waals surface area contributed by atoms with E-state index in [4.69, 9.17) is 0 Å². The first-order valence-electron chi connectivity index (χ1n) is 8.97. The molecule has 1 saturated heterocycles. The summed E-state index contributed by atoms with van der Waals surface area (Å²) in [4.78, 5) is 15.8. The van der Waals surface area contributed by atoms with Gasteiger partial charge >= 0.3 is 0 Å². The maximum absolute atomic E-state index is 14.0. The third-order valence-corrected chi connectivity index (χ3v) is 4.70. The molecule has 134 valence electrons. The number of para-hydroxylation sites is 1. The zero-order valence-electron chi connectivity index (χ0n) is 15.2. The molecule has 1 aromatic carbocycles. The molecule has 1 aliphatic heterocycles. The fourth-order valence-corrected chi connectivity index (χ4v) is 3.29. The number of nitrogens with zero attached hydrogens (tertiary/aromatic N) is 5. The lowest BCUT2D eigenvalue weighted by Crippen LogP contribution is -2.47. The van der Waals surface area contributed by atoms with Crippen LogP contribution in [-0.4, -0.2) is 49.2 Å². The minimum absolute atomic E-state index is 0.155. The van der Waals surface area contributed by atoms with E-state index >= 15 is 0 Å². The highest BCUT2D eigenvalue weighted by Gasteiger charge is 2.21. The van der Waals surface area contributed by atoms with Crippen LogP contribution in [0.25, 0.3) is 0 Å². The Balaban J connectivity index is 1.74. The average molecular weight is 343 g/mol. The van der Waals surface area contributed by atoms with Crippen LogP contribution in [0.15, 0.2) is 30.3 Å². The molecule has 1 fully saturated rings. The van der Waals surface area contributed by atoms with Crippen molar-refractivity contribution in [2.75, 3.05) is 54.0 Å². The van der Waals surface area contributed by atoms with E-state index in [0.29, 0.717) is 5.69 Å². The van der Waals surface area contributed by atoms with Crippen LogP contribution in [0.3, 0.4) is 0 Å². The van der Waals surface area contributed by atoms with Gasteiger partial charge in [-0.05, 0) is 32.9 Å². The van der Waals surface area contributed by atoms with Crippen molar-refractivity contribution in [3.8, 4) is 0 Å². The third-order valence-electron chi connectivity index (χ3n) is 4.70. The number of hydrogen-bond acceptors (Lipinski definition) is 5. The topological polar surface area (TPSA) is 35.5 Å². The summed E-state index contributed by atoms with van der Waals surface area (Å²) in [6.45, 7) is 11.3. The summed E-state index contributed by atoms with van der Waals surface area (Å²) in [5.74, 6) is 2.57. The lowest BCUT2D eigenvalue weighted by molar-refractivity contribution is 0.595. The first kappa shape index (κ1) is 17.5. The monoisotopic (exact) mass is 343 g/mol. The van der Waals surface area contributed by atoms with Gasteiger partial charge in [-0.3, -0.25) is 0 Å². The summed E-state index contributed by atoms with van der Waals surface area (Å²) >= 11 is 0. The Morgan fingerprint density at radius 3 is 2.28 bits per heavy atom. The Morgan fingerprint density at radius 2 is 1.64 bits per heavy atom. The fraction of sp³-hybridized carbons (Fsp3) is 0.474. The molecule has 1 aliphatic rings. The summed E-state index contributed by atoms with van der Waals surface area (Å²) < 4.78 is 14.0. The molecule has 0 unspecified atom stereocenters. The van der Waals surface area contributed by atoms with Crippen LogP contribution < -0.4 is 14.7 Å². The molecule has 0 spiro atoms. The molecule has 3 rings (SSSR count). The molecule has 0 N–H and O–H groups in total. The summed E-state index contributed by atoms with van der Waals surface area (Å²) in [7, 11) is 0. The first-order valence-corrected chi connectivity index (χ1v) is 8.97. The second kappa shape index (κ2) is 7.68. The highest BCUT2D eigenvalue weighted by Crippen LogP contribution is 2.24. The molecule has 0 saturated carbocycles. The van der Waals surface area contributed by atoms with Crippen molar-refractivity contribution in [3.05, 3.63) is 42.0 Å². The Kier molecular flexibility index (Phi) is 5.36. The zero-order chi connectivity index (χ0) is 17.8. The van der Waals surface area contributed by atoms with E-state index in [1.807, 2.05) is 19.1 Å². The number of piperazine rings is 1. The van der Waals surface area contributed by atoms with Crippen LogP contribution in [0.2, 0.25) is 0 Å². The molecule has 0 radical (unpaired) electrons. The number of anilines is 3. The van der Waals surface area contributed by atoms with Gasteiger partial charge in [0, 0.05) is 45.3 Å². The minimum Gasteiger partial charge on any atom is -0.366 e. The van der Waals surface area contributed by atoms with Crippen LogP contribution in [0.1, 0.15) is 19.7 Å². The standard InChI is InChI=1S/C19H26FN5/c1-4-23(5-2)18-14-19(22-15(3)21-18)25-12-10-24(11-13-25)17-9-7-6-8-16(17)20/h6-9,14H,4-5,10-13H2,1-3H3. The maximum Gasteiger partial charge on any atom is 0.146 e. The number of rotatable bonds is 5. The van der Waals surface area contributed by atoms with Gasteiger partial charge in [-0.2, -0.15) is 0 Å². The smallest absolute Gasteiger partial charge is 0.146 e. The van der Waals surface area contributed by atoms with Gasteiger partial charge < -0.3 is 14.7 Å². The Hall–Kier alpha value is -2.37. The number of benzene rings is 1. The highest BCUT2D eigenvalue weighted by atomic mass is 19.1. The van der Waals surface area contributed by atoms with Gasteiger partial charge in [-0.25, -0.2) is 14.4 Å². The molecule has 1 aromatic heterocycles. The molecular weight excluding hydrogens is 317 g/mol. The number of aromatic nitrogens is 2. The van der Waals surface area contributed by atoms with Gasteiger partial charge in [0.05, 0.1) is 5.69 Å². The van der Waals surface area contributed by atoms with Crippen molar-refractivity contribution in [1.29, 1.82) is 0 Å². The van der Waals surface area contributed by atoms with Crippen LogP contribution in [0.4, 0.5) is 21.7 Å². The van der Waals surface area contributed by atoms with E-state index in [2.05, 4.69) is 44.6 Å². The largest absolute Gasteiger partial charge is 0.366 e. The zero-order valence-corrected chi connectivity index (χ0v) is 15.2. The van der Waals surface area contributed by atoms with Gasteiger partial charge in [-0.1, -0.05) is 12.1 Å². The molecule has 2 aromatic rings. The first-order chi connectivity index (χ1) is 12.1. The van der Waals surface area contributed by atoms with Gasteiger partial charge in [0.1, 0.15) is 23.3 Å². The van der Waals surface area contributed by atoms with Gasteiger partial charge in [0.2, 0.25) is 0 Å². The van der Waals surface area contributed by atoms with Crippen molar-refractivity contribution in [2.45, 2.75) is 20.8 Å². The molecule has 0 atom stereocenters. The summed E-state index contributed by atoms with van der Waals surface area (Å²) in [5, 5.41) is 0. The van der Waals surface area contributed by atoms with Crippen molar-refractivity contribution in [3.63, 3.8) is 0 Å². The average Bonchev–Trinajstić information content (AvgIpc) is 2.63. The third kappa shape index (κ3) is 3.83. The molecule has 5 nitrogen and oxygen atoms in total. The number of hydrogen-bond donors (Lipinski definition) is 0. The van der Waals surface area contributed by atoms with Crippen molar-refractivity contribution in [2.24, 2.45) is 0 Å². The van der Waals surface area contributed by atoms with Crippen LogP contribution in [0.5, 0.6) is 0 Å².